The Morgan fingerprint density at radius 2 is 1.83 bits per heavy atom. The van der Waals surface area contributed by atoms with Crippen molar-refractivity contribution in [3.63, 3.8) is 0 Å². The number of alkyl halides is 2. The first-order valence-electron chi connectivity index (χ1n) is 11.3. The number of aryl methyl sites for hydroxylation is 1. The van der Waals surface area contributed by atoms with Crippen LogP contribution < -0.4 is 15.0 Å². The average molecular weight is 480 g/mol. The third-order valence-corrected chi connectivity index (χ3v) is 6.53. The molecule has 1 aliphatic heterocycles. The third-order valence-electron chi connectivity index (χ3n) is 6.53. The maximum Gasteiger partial charge on any atom is 0.586 e. The lowest BCUT2D eigenvalue weighted by molar-refractivity contribution is -0.286. The topological polar surface area (TPSA) is 98.3 Å². The highest BCUT2D eigenvalue weighted by Gasteiger charge is 2.52. The lowest BCUT2D eigenvalue weighted by Gasteiger charge is -2.16. The Morgan fingerprint density at radius 3 is 2.54 bits per heavy atom. The summed E-state index contributed by atoms with van der Waals surface area (Å²) < 4.78 is 35.8. The fraction of sp³-hybridized carbons (Fsp3) is 0.308. The summed E-state index contributed by atoms with van der Waals surface area (Å²) in [6.07, 6.45) is -0.769. The van der Waals surface area contributed by atoms with Crippen LogP contribution in [0.3, 0.4) is 0 Å². The molecule has 9 heteroatoms. The molecular formula is C26H22F2N2O5. The maximum absolute atomic E-state index is 13.4. The number of H-pyrrole nitrogens is 1. The average Bonchev–Trinajstić information content (AvgIpc) is 3.57. The van der Waals surface area contributed by atoms with Crippen LogP contribution >= 0.6 is 0 Å². The van der Waals surface area contributed by atoms with E-state index in [2.05, 4.69) is 19.4 Å². The molecule has 0 saturated heterocycles. The number of Topliss-reactive ketones (excluding diaryl/α,β-unsaturated/α-hetero) is 2. The van der Waals surface area contributed by atoms with Gasteiger partial charge in [0.1, 0.15) is 5.78 Å². The minimum atomic E-state index is -3.72. The van der Waals surface area contributed by atoms with E-state index < -0.39 is 17.3 Å². The molecular weight excluding hydrogens is 458 g/mol. The van der Waals surface area contributed by atoms with Gasteiger partial charge in [-0.1, -0.05) is 19.1 Å². The molecule has 2 aliphatic rings. The van der Waals surface area contributed by atoms with Gasteiger partial charge >= 0.3 is 6.29 Å². The van der Waals surface area contributed by atoms with Gasteiger partial charge in [0, 0.05) is 30.3 Å². The first-order valence-corrected chi connectivity index (χ1v) is 11.3. The van der Waals surface area contributed by atoms with Crippen molar-refractivity contribution in [2.75, 3.05) is 0 Å². The SMILES string of the molecule is CCC(=O)c1cc(-c2nc(CC(=O)C3(c4ccc5c(c4)OC(F)(F)O5)CC3)ccc2C)c[nH]c1=O. The summed E-state index contributed by atoms with van der Waals surface area (Å²) in [7, 11) is 0. The van der Waals surface area contributed by atoms with Gasteiger partial charge in [0.25, 0.3) is 5.56 Å². The number of nitrogens with one attached hydrogen (secondary N) is 1. The van der Waals surface area contributed by atoms with Crippen molar-refractivity contribution in [3.05, 3.63) is 75.3 Å². The predicted molar refractivity (Wildman–Crippen MR) is 122 cm³/mol. The number of carbonyl (C=O) groups excluding carboxylic acids is 2. The van der Waals surface area contributed by atoms with E-state index in [0.29, 0.717) is 35.4 Å². The van der Waals surface area contributed by atoms with Gasteiger partial charge in [-0.2, -0.15) is 0 Å². The highest BCUT2D eigenvalue weighted by atomic mass is 19.3. The van der Waals surface area contributed by atoms with E-state index in [0.717, 1.165) is 5.56 Å². The number of aromatic amines is 1. The summed E-state index contributed by atoms with van der Waals surface area (Å²) in [5.41, 5.74) is 1.93. The van der Waals surface area contributed by atoms with Crippen molar-refractivity contribution in [3.8, 4) is 22.8 Å². The molecule has 1 N–H and O–H groups in total. The van der Waals surface area contributed by atoms with Crippen molar-refractivity contribution in [2.24, 2.45) is 0 Å². The van der Waals surface area contributed by atoms with Crippen molar-refractivity contribution < 1.29 is 27.8 Å². The van der Waals surface area contributed by atoms with Gasteiger partial charge in [0.15, 0.2) is 17.3 Å². The summed E-state index contributed by atoms with van der Waals surface area (Å²) in [6.45, 7) is 3.54. The first-order chi connectivity index (χ1) is 16.6. The fourth-order valence-corrected chi connectivity index (χ4v) is 4.41. The Balaban J connectivity index is 1.41. The molecule has 1 aliphatic carbocycles. The Kier molecular flexibility index (Phi) is 5.30. The lowest BCUT2D eigenvalue weighted by Crippen LogP contribution is -2.26. The molecule has 0 atom stereocenters. The van der Waals surface area contributed by atoms with Crippen LogP contribution in [-0.4, -0.2) is 27.8 Å². The molecule has 1 saturated carbocycles. The lowest BCUT2D eigenvalue weighted by atomic mass is 9.88. The van der Waals surface area contributed by atoms with E-state index in [1.54, 1.807) is 19.1 Å². The highest BCUT2D eigenvalue weighted by molar-refractivity contribution is 5.96. The van der Waals surface area contributed by atoms with Gasteiger partial charge in [0.05, 0.1) is 16.7 Å². The van der Waals surface area contributed by atoms with Gasteiger partial charge in [-0.15, -0.1) is 8.78 Å². The predicted octanol–water partition coefficient (Wildman–Crippen LogP) is 4.50. The Labute approximate surface area is 199 Å². The zero-order valence-corrected chi connectivity index (χ0v) is 19.1. The first kappa shape index (κ1) is 22.9. The number of aromatic nitrogens is 2. The van der Waals surface area contributed by atoms with E-state index in [1.165, 1.54) is 24.4 Å². The monoisotopic (exact) mass is 480 g/mol. The quantitative estimate of drug-likeness (QED) is 0.500. The molecule has 1 fully saturated rings. The van der Waals surface area contributed by atoms with Crippen LogP contribution in [0.4, 0.5) is 8.78 Å². The number of fused-ring (bicyclic) bond motifs is 1. The molecule has 0 bridgehead atoms. The summed E-state index contributed by atoms with van der Waals surface area (Å²) in [5.74, 6) is -0.491. The van der Waals surface area contributed by atoms with Gasteiger partial charge in [-0.3, -0.25) is 19.4 Å². The number of nitrogens with zero attached hydrogens (tertiary/aromatic N) is 1. The van der Waals surface area contributed by atoms with Crippen LogP contribution in [0, 0.1) is 6.92 Å². The molecule has 0 radical (unpaired) electrons. The third kappa shape index (κ3) is 4.11. The Hall–Kier alpha value is -3.88. The zero-order chi connectivity index (χ0) is 25.0. The van der Waals surface area contributed by atoms with Crippen molar-refractivity contribution in [1.29, 1.82) is 0 Å². The molecule has 1 aromatic carbocycles. The van der Waals surface area contributed by atoms with Crippen LogP contribution in [0.5, 0.6) is 11.5 Å². The number of rotatable bonds is 7. The van der Waals surface area contributed by atoms with Crippen molar-refractivity contribution in [1.82, 2.24) is 9.97 Å². The van der Waals surface area contributed by atoms with Crippen LogP contribution in [0.2, 0.25) is 0 Å². The summed E-state index contributed by atoms with van der Waals surface area (Å²) in [6, 6.07) is 9.58. The second kappa shape index (κ2) is 8.11. The Morgan fingerprint density at radius 1 is 1.09 bits per heavy atom. The number of hydrogen-bond acceptors (Lipinski definition) is 6. The van der Waals surface area contributed by atoms with Gasteiger partial charge in [-0.25, -0.2) is 0 Å². The molecule has 0 unspecified atom stereocenters. The summed E-state index contributed by atoms with van der Waals surface area (Å²) in [5, 5.41) is 0. The molecule has 35 heavy (non-hydrogen) atoms. The van der Waals surface area contributed by atoms with Gasteiger partial charge in [-0.05, 0) is 55.2 Å². The van der Waals surface area contributed by atoms with E-state index in [1.807, 2.05) is 13.0 Å². The van der Waals surface area contributed by atoms with E-state index in [4.69, 9.17) is 0 Å². The number of halogens is 2. The highest BCUT2D eigenvalue weighted by Crippen LogP contribution is 2.52. The Bertz CT molecular complexity index is 1430. The molecule has 0 spiro atoms. The fourth-order valence-electron chi connectivity index (χ4n) is 4.41. The van der Waals surface area contributed by atoms with Crippen LogP contribution in [-0.2, 0) is 16.6 Å². The van der Waals surface area contributed by atoms with Gasteiger partial charge in [0.2, 0.25) is 0 Å². The standard InChI is InChI=1S/C26H22F2N2O5/c1-3-19(31)18-10-15(13-29-24(18)33)23-14(2)4-6-17(30-23)12-22(32)25(8-9-25)16-5-7-20-21(11-16)35-26(27,28)34-20/h4-7,10-11,13H,3,8-9,12H2,1-2H3,(H,29,33). The van der Waals surface area contributed by atoms with E-state index >= 15 is 0 Å². The smallest absolute Gasteiger partial charge is 0.395 e. The number of benzene rings is 1. The van der Waals surface area contributed by atoms with Crippen molar-refractivity contribution in [2.45, 2.75) is 51.2 Å². The largest absolute Gasteiger partial charge is 0.586 e. The van der Waals surface area contributed by atoms with Gasteiger partial charge < -0.3 is 14.5 Å². The van der Waals surface area contributed by atoms with Crippen LogP contribution in [0.15, 0.2) is 47.4 Å². The molecule has 3 aromatic rings. The molecule has 3 heterocycles. The number of ether oxygens (including phenoxy) is 2. The molecule has 0 amide bonds. The van der Waals surface area contributed by atoms with E-state index in [-0.39, 0.29) is 41.5 Å². The zero-order valence-electron chi connectivity index (χ0n) is 19.1. The molecule has 2 aromatic heterocycles. The number of hydrogen-bond donors (Lipinski definition) is 1. The van der Waals surface area contributed by atoms with E-state index in [9.17, 15) is 23.2 Å². The number of pyridine rings is 2. The number of carbonyl (C=O) groups is 2. The minimum absolute atomic E-state index is 0.0436. The summed E-state index contributed by atoms with van der Waals surface area (Å²) >= 11 is 0. The van der Waals surface area contributed by atoms with Crippen LogP contribution in [0.25, 0.3) is 11.3 Å². The molecule has 180 valence electrons. The minimum Gasteiger partial charge on any atom is -0.395 e. The normalized spacial score (nSPS) is 16.7. The summed E-state index contributed by atoms with van der Waals surface area (Å²) in [4.78, 5) is 44.8. The van der Waals surface area contributed by atoms with Crippen LogP contribution in [0.1, 0.15) is 53.4 Å². The maximum atomic E-state index is 13.4. The second-order valence-electron chi connectivity index (χ2n) is 8.89. The number of ketones is 2. The molecule has 7 nitrogen and oxygen atoms in total. The molecule has 5 rings (SSSR count). The second-order valence-corrected chi connectivity index (χ2v) is 8.89. The van der Waals surface area contributed by atoms with Crippen molar-refractivity contribution >= 4 is 11.6 Å².